The summed E-state index contributed by atoms with van der Waals surface area (Å²) in [5, 5.41) is 10.2. The van der Waals surface area contributed by atoms with Gasteiger partial charge in [0.2, 0.25) is 0 Å². The topological polar surface area (TPSA) is 46.5 Å². The summed E-state index contributed by atoms with van der Waals surface area (Å²) >= 11 is 12.0. The second kappa shape index (κ2) is 8.26. The normalized spacial score (nSPS) is 10.5. The summed E-state index contributed by atoms with van der Waals surface area (Å²) in [6, 6.07) is 20.5. The summed E-state index contributed by atoms with van der Waals surface area (Å²) in [6.07, 6.45) is -0.126. The Morgan fingerprint density at radius 2 is 1.58 bits per heavy atom. The summed E-state index contributed by atoms with van der Waals surface area (Å²) in [7, 11) is 0. The van der Waals surface area contributed by atoms with E-state index >= 15 is 0 Å². The van der Waals surface area contributed by atoms with Crippen LogP contribution in [0.4, 0.5) is 0 Å². The van der Waals surface area contributed by atoms with E-state index in [1.807, 2.05) is 48.5 Å². The molecule has 26 heavy (non-hydrogen) atoms. The van der Waals surface area contributed by atoms with Crippen LogP contribution in [0.15, 0.2) is 66.7 Å². The maximum Gasteiger partial charge on any atom is 0.307 e. The van der Waals surface area contributed by atoms with E-state index in [0.29, 0.717) is 28.0 Å². The highest BCUT2D eigenvalue weighted by atomic mass is 35.5. The first-order valence-corrected chi connectivity index (χ1v) is 8.75. The lowest BCUT2D eigenvalue weighted by Crippen LogP contribution is -2.04. The molecule has 0 aliphatic heterocycles. The first-order valence-electron chi connectivity index (χ1n) is 8.00. The lowest BCUT2D eigenvalue weighted by atomic mass is 10.0. The smallest absolute Gasteiger partial charge is 0.307 e. The number of aliphatic carboxylic acids is 1. The van der Waals surface area contributed by atoms with Gasteiger partial charge in [-0.15, -0.1) is 0 Å². The van der Waals surface area contributed by atoms with Gasteiger partial charge >= 0.3 is 5.97 Å². The number of benzene rings is 3. The van der Waals surface area contributed by atoms with Crippen molar-refractivity contribution in [3.8, 4) is 16.9 Å². The maximum atomic E-state index is 11.2. The van der Waals surface area contributed by atoms with Crippen LogP contribution in [0.5, 0.6) is 5.75 Å². The largest absolute Gasteiger partial charge is 0.489 e. The molecule has 0 atom stereocenters. The summed E-state index contributed by atoms with van der Waals surface area (Å²) < 4.78 is 5.85. The fourth-order valence-electron chi connectivity index (χ4n) is 2.61. The second-order valence-corrected chi connectivity index (χ2v) is 6.61. The van der Waals surface area contributed by atoms with E-state index in [1.54, 1.807) is 18.2 Å². The van der Waals surface area contributed by atoms with E-state index in [1.165, 1.54) is 0 Å². The van der Waals surface area contributed by atoms with Gasteiger partial charge < -0.3 is 9.84 Å². The fraction of sp³-hybridized carbons (Fsp3) is 0.0952. The average Bonchev–Trinajstić information content (AvgIpc) is 2.63. The third-order valence-electron chi connectivity index (χ3n) is 3.89. The van der Waals surface area contributed by atoms with Gasteiger partial charge in [-0.3, -0.25) is 4.79 Å². The number of halogens is 2. The third-order valence-corrected chi connectivity index (χ3v) is 4.63. The lowest BCUT2D eigenvalue weighted by Gasteiger charge is -2.13. The van der Waals surface area contributed by atoms with Crippen molar-refractivity contribution >= 4 is 29.2 Å². The summed E-state index contributed by atoms with van der Waals surface area (Å²) in [5.74, 6) is -0.360. The SMILES string of the molecule is O=C(O)Cc1cc(-c2ccc(Cl)c(Cl)c2)ccc1OCc1ccccc1. The van der Waals surface area contributed by atoms with E-state index < -0.39 is 5.97 Å². The molecule has 1 N–H and O–H groups in total. The molecule has 0 spiro atoms. The van der Waals surface area contributed by atoms with Gasteiger partial charge in [0.25, 0.3) is 0 Å². The van der Waals surface area contributed by atoms with Crippen molar-refractivity contribution in [1.82, 2.24) is 0 Å². The Balaban J connectivity index is 1.89. The molecule has 0 bridgehead atoms. The molecule has 5 heteroatoms. The molecule has 132 valence electrons. The first-order chi connectivity index (χ1) is 12.5. The van der Waals surface area contributed by atoms with E-state index in [4.69, 9.17) is 27.9 Å². The van der Waals surface area contributed by atoms with Gasteiger partial charge in [0.05, 0.1) is 16.5 Å². The van der Waals surface area contributed by atoms with Gasteiger partial charge in [-0.2, -0.15) is 0 Å². The zero-order valence-electron chi connectivity index (χ0n) is 13.8. The van der Waals surface area contributed by atoms with E-state index in [-0.39, 0.29) is 6.42 Å². The van der Waals surface area contributed by atoms with Gasteiger partial charge in [-0.05, 0) is 41.0 Å². The molecule has 3 nitrogen and oxygen atoms in total. The van der Waals surface area contributed by atoms with Crippen LogP contribution in [-0.2, 0) is 17.8 Å². The van der Waals surface area contributed by atoms with E-state index in [2.05, 4.69) is 0 Å². The summed E-state index contributed by atoms with van der Waals surface area (Å²) in [6.45, 7) is 0.375. The minimum Gasteiger partial charge on any atom is -0.489 e. The van der Waals surface area contributed by atoms with Crippen LogP contribution in [0.1, 0.15) is 11.1 Å². The zero-order chi connectivity index (χ0) is 18.5. The molecule has 0 saturated heterocycles. The highest BCUT2D eigenvalue weighted by molar-refractivity contribution is 6.42. The molecule has 3 rings (SSSR count). The predicted molar refractivity (Wildman–Crippen MR) is 104 cm³/mol. The van der Waals surface area contributed by atoms with Crippen molar-refractivity contribution in [3.63, 3.8) is 0 Å². The van der Waals surface area contributed by atoms with Gasteiger partial charge in [-0.25, -0.2) is 0 Å². The quantitative estimate of drug-likeness (QED) is 0.576. The molecular formula is C21H16Cl2O3. The van der Waals surface area contributed by atoms with Gasteiger partial charge in [0, 0.05) is 5.56 Å². The molecule has 3 aromatic rings. The Morgan fingerprint density at radius 3 is 2.27 bits per heavy atom. The molecule has 0 aliphatic carbocycles. The molecular weight excluding hydrogens is 371 g/mol. The number of hydrogen-bond acceptors (Lipinski definition) is 2. The molecule has 0 saturated carbocycles. The minimum absolute atomic E-state index is 0.126. The van der Waals surface area contributed by atoms with Crippen LogP contribution in [-0.4, -0.2) is 11.1 Å². The third kappa shape index (κ3) is 4.57. The van der Waals surface area contributed by atoms with E-state index in [9.17, 15) is 9.90 Å². The van der Waals surface area contributed by atoms with Crippen LogP contribution in [0.2, 0.25) is 10.0 Å². The van der Waals surface area contributed by atoms with Gasteiger partial charge in [0.15, 0.2) is 0 Å². The Hall–Kier alpha value is -2.49. The second-order valence-electron chi connectivity index (χ2n) is 5.80. The van der Waals surface area contributed by atoms with Crippen LogP contribution >= 0.6 is 23.2 Å². The summed E-state index contributed by atoms with van der Waals surface area (Å²) in [5.41, 5.74) is 3.34. The fourth-order valence-corrected chi connectivity index (χ4v) is 2.91. The number of carbonyl (C=O) groups is 1. The molecule has 0 aliphatic rings. The standard InChI is InChI=1S/C21H16Cl2O3/c22-18-8-6-16(11-19(18)23)15-7-9-20(17(10-15)12-21(24)25)26-13-14-4-2-1-3-5-14/h1-11H,12-13H2,(H,24,25). The van der Waals surface area contributed by atoms with Crippen LogP contribution in [0, 0.1) is 0 Å². The number of carboxylic acids is 1. The maximum absolute atomic E-state index is 11.2. The van der Waals surface area contributed by atoms with Crippen molar-refractivity contribution < 1.29 is 14.6 Å². The van der Waals surface area contributed by atoms with Crippen molar-refractivity contribution in [1.29, 1.82) is 0 Å². The molecule has 0 aromatic heterocycles. The molecule has 3 aromatic carbocycles. The number of hydrogen-bond donors (Lipinski definition) is 1. The number of ether oxygens (including phenoxy) is 1. The molecule has 0 unspecified atom stereocenters. The lowest BCUT2D eigenvalue weighted by molar-refractivity contribution is -0.136. The molecule has 0 amide bonds. The van der Waals surface area contributed by atoms with Crippen LogP contribution in [0.25, 0.3) is 11.1 Å². The Labute approximate surface area is 161 Å². The molecule has 0 radical (unpaired) electrons. The minimum atomic E-state index is -0.916. The van der Waals surface area contributed by atoms with E-state index in [0.717, 1.165) is 16.7 Å². The van der Waals surface area contributed by atoms with Crippen LogP contribution in [0.3, 0.4) is 0 Å². The monoisotopic (exact) mass is 386 g/mol. The Bertz CT molecular complexity index is 924. The Morgan fingerprint density at radius 1 is 0.885 bits per heavy atom. The average molecular weight is 387 g/mol. The number of rotatable bonds is 6. The zero-order valence-corrected chi connectivity index (χ0v) is 15.3. The molecule has 0 heterocycles. The highest BCUT2D eigenvalue weighted by Crippen LogP contribution is 2.31. The van der Waals surface area contributed by atoms with Crippen molar-refractivity contribution in [3.05, 3.63) is 87.9 Å². The Kier molecular flexibility index (Phi) is 5.82. The van der Waals surface area contributed by atoms with Gasteiger partial charge in [-0.1, -0.05) is 65.7 Å². The molecule has 0 fully saturated rings. The summed E-state index contributed by atoms with van der Waals surface area (Å²) in [4.78, 5) is 11.2. The van der Waals surface area contributed by atoms with Crippen molar-refractivity contribution in [2.75, 3.05) is 0 Å². The van der Waals surface area contributed by atoms with Gasteiger partial charge in [0.1, 0.15) is 12.4 Å². The predicted octanol–water partition coefficient (Wildman–Crippen LogP) is 5.87. The van der Waals surface area contributed by atoms with Crippen molar-refractivity contribution in [2.24, 2.45) is 0 Å². The number of carboxylic acid groups (broad SMARTS) is 1. The highest BCUT2D eigenvalue weighted by Gasteiger charge is 2.11. The van der Waals surface area contributed by atoms with Crippen LogP contribution < -0.4 is 4.74 Å². The van der Waals surface area contributed by atoms with Crippen molar-refractivity contribution in [2.45, 2.75) is 13.0 Å². The first kappa shape index (κ1) is 18.3.